The number of rotatable bonds is 5. The molecule has 0 aliphatic carbocycles. The lowest BCUT2D eigenvalue weighted by Crippen LogP contribution is -2.51. The van der Waals surface area contributed by atoms with E-state index in [0.29, 0.717) is 13.1 Å². The van der Waals surface area contributed by atoms with E-state index in [4.69, 9.17) is 0 Å². The lowest BCUT2D eigenvalue weighted by atomic mass is 10.2. The SMILES string of the molecule is Cc1cccc(N2CCN(C(=O)CNS(=O)(=O)c3cccs3)CC2)c1. The van der Waals surface area contributed by atoms with Gasteiger partial charge in [0.1, 0.15) is 4.21 Å². The number of carbonyl (C=O) groups excluding carboxylic acids is 1. The minimum absolute atomic E-state index is 0.191. The lowest BCUT2D eigenvalue weighted by molar-refractivity contribution is -0.130. The third-order valence-electron chi connectivity index (χ3n) is 4.17. The zero-order valence-electron chi connectivity index (χ0n) is 14.0. The van der Waals surface area contributed by atoms with E-state index < -0.39 is 10.0 Å². The monoisotopic (exact) mass is 379 g/mol. The first kappa shape index (κ1) is 17.9. The highest BCUT2D eigenvalue weighted by Crippen LogP contribution is 2.18. The number of aryl methyl sites for hydroxylation is 1. The van der Waals surface area contributed by atoms with Gasteiger partial charge in [0.25, 0.3) is 10.0 Å². The van der Waals surface area contributed by atoms with Gasteiger partial charge in [-0.25, -0.2) is 13.1 Å². The Kier molecular flexibility index (Phi) is 5.41. The van der Waals surface area contributed by atoms with Crippen molar-refractivity contribution in [2.24, 2.45) is 0 Å². The Balaban J connectivity index is 1.52. The number of hydrogen-bond acceptors (Lipinski definition) is 5. The second-order valence-corrected chi connectivity index (χ2v) is 8.90. The molecule has 1 fully saturated rings. The smallest absolute Gasteiger partial charge is 0.250 e. The van der Waals surface area contributed by atoms with Gasteiger partial charge in [-0.05, 0) is 36.1 Å². The van der Waals surface area contributed by atoms with Gasteiger partial charge in [-0.2, -0.15) is 0 Å². The summed E-state index contributed by atoms with van der Waals surface area (Å²) in [4.78, 5) is 16.2. The molecule has 1 aliphatic heterocycles. The second-order valence-electron chi connectivity index (χ2n) is 5.96. The second kappa shape index (κ2) is 7.55. The lowest BCUT2D eigenvalue weighted by Gasteiger charge is -2.36. The minimum Gasteiger partial charge on any atom is -0.368 e. The fourth-order valence-electron chi connectivity index (χ4n) is 2.79. The van der Waals surface area contributed by atoms with Crippen LogP contribution in [0.25, 0.3) is 0 Å². The quantitative estimate of drug-likeness (QED) is 0.858. The highest BCUT2D eigenvalue weighted by Gasteiger charge is 2.23. The maximum atomic E-state index is 12.3. The molecular weight excluding hydrogens is 358 g/mol. The van der Waals surface area contributed by atoms with Crippen molar-refractivity contribution in [3.8, 4) is 0 Å². The first-order valence-electron chi connectivity index (χ1n) is 8.08. The largest absolute Gasteiger partial charge is 0.368 e. The van der Waals surface area contributed by atoms with Crippen molar-refractivity contribution >= 4 is 33.0 Å². The van der Waals surface area contributed by atoms with Gasteiger partial charge in [-0.3, -0.25) is 4.79 Å². The molecule has 8 heteroatoms. The number of nitrogens with one attached hydrogen (secondary N) is 1. The van der Waals surface area contributed by atoms with Crippen LogP contribution in [-0.4, -0.2) is 51.9 Å². The van der Waals surface area contributed by atoms with E-state index in [1.54, 1.807) is 16.3 Å². The topological polar surface area (TPSA) is 69.7 Å². The molecule has 2 heterocycles. The van der Waals surface area contributed by atoms with Crippen LogP contribution in [0.15, 0.2) is 46.0 Å². The van der Waals surface area contributed by atoms with Gasteiger partial charge in [-0.1, -0.05) is 18.2 Å². The van der Waals surface area contributed by atoms with Gasteiger partial charge < -0.3 is 9.80 Å². The van der Waals surface area contributed by atoms with Crippen molar-refractivity contribution < 1.29 is 13.2 Å². The fourth-order valence-corrected chi connectivity index (χ4v) is 4.81. The number of nitrogens with zero attached hydrogens (tertiary/aromatic N) is 2. The molecule has 1 aromatic carbocycles. The van der Waals surface area contributed by atoms with E-state index in [9.17, 15) is 13.2 Å². The van der Waals surface area contributed by atoms with Gasteiger partial charge in [-0.15, -0.1) is 11.3 Å². The average molecular weight is 380 g/mol. The standard InChI is InChI=1S/C17H21N3O3S2/c1-14-4-2-5-15(12-14)19-7-9-20(10-8-19)16(21)13-18-25(22,23)17-6-3-11-24-17/h2-6,11-12,18H,7-10,13H2,1H3. The molecule has 6 nitrogen and oxygen atoms in total. The molecule has 25 heavy (non-hydrogen) atoms. The van der Waals surface area contributed by atoms with Gasteiger partial charge >= 0.3 is 0 Å². The zero-order valence-corrected chi connectivity index (χ0v) is 15.6. The molecule has 1 amide bonds. The van der Waals surface area contributed by atoms with Gasteiger partial charge in [0.05, 0.1) is 6.54 Å². The summed E-state index contributed by atoms with van der Waals surface area (Å²) in [7, 11) is -3.60. The molecule has 1 N–H and O–H groups in total. The summed E-state index contributed by atoms with van der Waals surface area (Å²) in [5, 5.41) is 1.70. The van der Waals surface area contributed by atoms with Crippen molar-refractivity contribution in [3.05, 3.63) is 47.3 Å². The predicted molar refractivity (Wildman–Crippen MR) is 99.5 cm³/mol. The van der Waals surface area contributed by atoms with Crippen LogP contribution >= 0.6 is 11.3 Å². The van der Waals surface area contributed by atoms with Crippen LogP contribution in [0.3, 0.4) is 0 Å². The minimum atomic E-state index is -3.60. The number of piperazine rings is 1. The summed E-state index contributed by atoms with van der Waals surface area (Å²) in [5.74, 6) is -0.191. The number of anilines is 1. The Morgan fingerprint density at radius 2 is 1.92 bits per heavy atom. The molecule has 0 spiro atoms. The van der Waals surface area contributed by atoms with Crippen molar-refractivity contribution in [3.63, 3.8) is 0 Å². The van der Waals surface area contributed by atoms with Crippen LogP contribution in [0, 0.1) is 6.92 Å². The van der Waals surface area contributed by atoms with E-state index in [0.717, 1.165) is 30.1 Å². The van der Waals surface area contributed by atoms with Gasteiger partial charge in [0.2, 0.25) is 5.91 Å². The van der Waals surface area contributed by atoms with Crippen LogP contribution in [0.1, 0.15) is 5.56 Å². The number of benzene rings is 1. The molecule has 134 valence electrons. The van der Waals surface area contributed by atoms with E-state index in [-0.39, 0.29) is 16.7 Å². The summed E-state index contributed by atoms with van der Waals surface area (Å²) in [6.07, 6.45) is 0. The van der Waals surface area contributed by atoms with Crippen molar-refractivity contribution in [1.29, 1.82) is 0 Å². The van der Waals surface area contributed by atoms with Gasteiger partial charge in [0, 0.05) is 31.9 Å². The van der Waals surface area contributed by atoms with Crippen LogP contribution in [-0.2, 0) is 14.8 Å². The van der Waals surface area contributed by atoms with Crippen molar-refractivity contribution in [2.45, 2.75) is 11.1 Å². The Bertz CT molecular complexity index is 827. The average Bonchev–Trinajstić information content (AvgIpc) is 3.15. The van der Waals surface area contributed by atoms with Crippen LogP contribution < -0.4 is 9.62 Å². The van der Waals surface area contributed by atoms with E-state index >= 15 is 0 Å². The molecule has 1 saturated heterocycles. The van der Waals surface area contributed by atoms with Crippen molar-refractivity contribution in [1.82, 2.24) is 9.62 Å². The van der Waals surface area contributed by atoms with E-state index in [1.807, 2.05) is 6.07 Å². The third kappa shape index (κ3) is 4.39. The summed E-state index contributed by atoms with van der Waals surface area (Å²) >= 11 is 1.13. The normalized spacial score (nSPS) is 15.4. The Hall–Kier alpha value is -1.90. The fraction of sp³-hybridized carbons (Fsp3) is 0.353. The molecule has 1 aromatic heterocycles. The Morgan fingerprint density at radius 1 is 1.16 bits per heavy atom. The number of carbonyl (C=O) groups is 1. The van der Waals surface area contributed by atoms with Crippen LogP contribution in [0.4, 0.5) is 5.69 Å². The number of thiophene rings is 1. The van der Waals surface area contributed by atoms with Gasteiger partial charge in [0.15, 0.2) is 0 Å². The third-order valence-corrected chi connectivity index (χ3v) is 6.97. The maximum absolute atomic E-state index is 12.3. The molecule has 0 bridgehead atoms. The summed E-state index contributed by atoms with van der Waals surface area (Å²) in [5.41, 5.74) is 2.37. The highest BCUT2D eigenvalue weighted by molar-refractivity contribution is 7.91. The number of hydrogen-bond donors (Lipinski definition) is 1. The molecule has 2 aromatic rings. The van der Waals surface area contributed by atoms with Crippen LogP contribution in [0.5, 0.6) is 0 Å². The molecule has 0 atom stereocenters. The molecular formula is C17H21N3O3S2. The first-order valence-corrected chi connectivity index (χ1v) is 10.4. The number of amides is 1. The highest BCUT2D eigenvalue weighted by atomic mass is 32.2. The van der Waals surface area contributed by atoms with E-state index in [2.05, 4.69) is 34.7 Å². The summed E-state index contributed by atoms with van der Waals surface area (Å²) in [6, 6.07) is 11.5. The molecule has 0 saturated carbocycles. The zero-order chi connectivity index (χ0) is 17.9. The molecule has 3 rings (SSSR count). The maximum Gasteiger partial charge on any atom is 0.250 e. The van der Waals surface area contributed by atoms with E-state index in [1.165, 1.54) is 11.6 Å². The molecule has 0 unspecified atom stereocenters. The van der Waals surface area contributed by atoms with Crippen LogP contribution in [0.2, 0.25) is 0 Å². The predicted octanol–water partition coefficient (Wildman–Crippen LogP) is 1.68. The Morgan fingerprint density at radius 3 is 2.56 bits per heavy atom. The summed E-state index contributed by atoms with van der Waals surface area (Å²) in [6.45, 7) is 4.52. The molecule has 0 radical (unpaired) electrons. The number of sulfonamides is 1. The Labute approximate surface area is 152 Å². The first-order chi connectivity index (χ1) is 12.0. The van der Waals surface area contributed by atoms with Crippen molar-refractivity contribution in [2.75, 3.05) is 37.6 Å². The molecule has 1 aliphatic rings. The summed E-state index contributed by atoms with van der Waals surface area (Å²) < 4.78 is 26.8.